The molecule has 0 aromatic carbocycles. The average Bonchev–Trinajstić information content (AvgIpc) is 2.17. The summed E-state index contributed by atoms with van der Waals surface area (Å²) in [5.74, 6) is -1.07. The van der Waals surface area contributed by atoms with Crippen LogP contribution in [0.25, 0.3) is 0 Å². The average molecular weight is 238 g/mol. The molecule has 0 amide bonds. The lowest BCUT2D eigenvalue weighted by Crippen LogP contribution is -2.01. The molecule has 0 spiro atoms. The van der Waals surface area contributed by atoms with Crippen molar-refractivity contribution in [1.29, 1.82) is 0 Å². The Hall–Kier alpha value is -1.43. The molecular weight excluding hydrogens is 232 g/mol. The summed E-state index contributed by atoms with van der Waals surface area (Å²) in [6.45, 7) is 0. The monoisotopic (exact) mass is 237 g/mol. The van der Waals surface area contributed by atoms with Gasteiger partial charge in [0.2, 0.25) is 0 Å². The maximum atomic E-state index is 12.4. The highest BCUT2D eigenvalue weighted by Crippen LogP contribution is 2.35. The van der Waals surface area contributed by atoms with Gasteiger partial charge in [0.05, 0.1) is 7.11 Å². The zero-order chi connectivity index (χ0) is 11.6. The highest BCUT2D eigenvalue weighted by molar-refractivity contribution is 6.67. The van der Waals surface area contributed by atoms with Crippen LogP contribution < -0.4 is 4.74 Å². The number of carbonyl (C=O) groups is 1. The van der Waals surface area contributed by atoms with Crippen molar-refractivity contribution in [3.05, 3.63) is 17.5 Å². The molecule has 0 radical (unpaired) electrons. The number of methoxy groups -OCH3 is 1. The molecule has 1 N–H and O–H groups in total. The standard InChI is InChI=1S/C8H6ClF2NO3/c1-15-4-2-3(7(9)14)12-5(6(4)13)8(10)11/h2,8,13H,1H3. The number of pyridine rings is 1. The third-order valence-electron chi connectivity index (χ3n) is 1.61. The molecule has 0 saturated carbocycles. The number of alkyl halides is 2. The summed E-state index contributed by atoms with van der Waals surface area (Å²) >= 11 is 5.08. The van der Waals surface area contributed by atoms with Crippen molar-refractivity contribution >= 4 is 16.8 Å². The van der Waals surface area contributed by atoms with E-state index in [9.17, 15) is 18.7 Å². The molecule has 1 aromatic heterocycles. The molecule has 4 nitrogen and oxygen atoms in total. The summed E-state index contributed by atoms with van der Waals surface area (Å²) in [6.07, 6.45) is -3.02. The zero-order valence-corrected chi connectivity index (χ0v) is 8.26. The number of halogens is 3. The van der Waals surface area contributed by atoms with Gasteiger partial charge in [-0.05, 0) is 11.6 Å². The van der Waals surface area contributed by atoms with Gasteiger partial charge in [-0.1, -0.05) is 0 Å². The van der Waals surface area contributed by atoms with Crippen molar-refractivity contribution in [2.75, 3.05) is 7.11 Å². The summed E-state index contributed by atoms with van der Waals surface area (Å²) in [6, 6.07) is 0.983. The number of hydrogen-bond donors (Lipinski definition) is 1. The normalized spacial score (nSPS) is 10.5. The van der Waals surface area contributed by atoms with Gasteiger partial charge in [-0.3, -0.25) is 4.79 Å². The molecule has 1 heterocycles. The first kappa shape index (κ1) is 11.6. The van der Waals surface area contributed by atoms with Crippen LogP contribution in [-0.2, 0) is 0 Å². The summed E-state index contributed by atoms with van der Waals surface area (Å²) in [4.78, 5) is 13.9. The number of nitrogens with zero attached hydrogens (tertiary/aromatic N) is 1. The Balaban J connectivity index is 3.38. The summed E-state index contributed by atoms with van der Waals surface area (Å²) in [5.41, 5.74) is -1.33. The number of aromatic hydroxyl groups is 1. The first-order valence-corrected chi connectivity index (χ1v) is 4.11. The predicted octanol–water partition coefficient (Wildman–Crippen LogP) is 2.11. The van der Waals surface area contributed by atoms with Gasteiger partial charge >= 0.3 is 0 Å². The lowest BCUT2D eigenvalue weighted by Gasteiger charge is -2.08. The lowest BCUT2D eigenvalue weighted by molar-refractivity contribution is 0.107. The Labute approximate surface area is 88.4 Å². The Bertz CT molecular complexity index is 398. The molecule has 0 aliphatic heterocycles. The molecule has 7 heteroatoms. The van der Waals surface area contributed by atoms with E-state index >= 15 is 0 Å². The summed E-state index contributed by atoms with van der Waals surface area (Å²) < 4.78 is 29.3. The second kappa shape index (κ2) is 4.39. The number of rotatable bonds is 3. The van der Waals surface area contributed by atoms with E-state index in [0.717, 1.165) is 13.2 Å². The molecule has 0 bridgehead atoms. The van der Waals surface area contributed by atoms with E-state index in [1.54, 1.807) is 0 Å². The Morgan fingerprint density at radius 2 is 2.27 bits per heavy atom. The van der Waals surface area contributed by atoms with Crippen molar-refractivity contribution in [1.82, 2.24) is 4.98 Å². The first-order chi connectivity index (χ1) is 6.97. The van der Waals surface area contributed by atoms with Crippen LogP contribution >= 0.6 is 11.6 Å². The maximum Gasteiger partial charge on any atom is 0.284 e. The SMILES string of the molecule is COc1cc(C(=O)Cl)nc(C(F)F)c1O. The number of carbonyl (C=O) groups excluding carboxylic acids is 1. The molecule has 0 unspecified atom stereocenters. The highest BCUT2D eigenvalue weighted by atomic mass is 35.5. The maximum absolute atomic E-state index is 12.4. The minimum absolute atomic E-state index is 0.274. The van der Waals surface area contributed by atoms with E-state index in [4.69, 9.17) is 11.6 Å². The second-order valence-corrected chi connectivity index (χ2v) is 2.86. The molecule has 15 heavy (non-hydrogen) atoms. The fourth-order valence-corrected chi connectivity index (χ4v) is 1.04. The number of aromatic nitrogens is 1. The van der Waals surface area contributed by atoms with Crippen molar-refractivity contribution < 1.29 is 23.4 Å². The van der Waals surface area contributed by atoms with E-state index in [2.05, 4.69) is 9.72 Å². The van der Waals surface area contributed by atoms with E-state index in [-0.39, 0.29) is 5.75 Å². The largest absolute Gasteiger partial charge is 0.503 e. The van der Waals surface area contributed by atoms with Crippen LogP contribution in [0.2, 0.25) is 0 Å². The quantitative estimate of drug-likeness (QED) is 0.818. The van der Waals surface area contributed by atoms with Gasteiger partial charge in [0.15, 0.2) is 17.2 Å². The van der Waals surface area contributed by atoms with E-state index in [0.29, 0.717) is 0 Å². The van der Waals surface area contributed by atoms with Crippen LogP contribution in [0.5, 0.6) is 11.5 Å². The van der Waals surface area contributed by atoms with Crippen LogP contribution in [0.1, 0.15) is 22.6 Å². The summed E-state index contributed by atoms with van der Waals surface area (Å²) in [5, 5.41) is 8.24. The zero-order valence-electron chi connectivity index (χ0n) is 7.50. The fraction of sp³-hybridized carbons (Fsp3) is 0.250. The molecule has 0 fully saturated rings. The van der Waals surface area contributed by atoms with Crippen LogP contribution in [-0.4, -0.2) is 22.4 Å². The molecule has 1 rings (SSSR count). The molecule has 0 atom stereocenters. The molecule has 0 saturated heterocycles. The topological polar surface area (TPSA) is 59.4 Å². The van der Waals surface area contributed by atoms with E-state index in [1.165, 1.54) is 0 Å². The van der Waals surface area contributed by atoms with E-state index < -0.39 is 28.8 Å². The molecule has 1 aromatic rings. The fourth-order valence-electron chi connectivity index (χ4n) is 0.942. The third kappa shape index (κ3) is 2.33. The minimum Gasteiger partial charge on any atom is -0.503 e. The molecule has 82 valence electrons. The molecular formula is C8H6ClF2NO3. The minimum atomic E-state index is -3.02. The van der Waals surface area contributed by atoms with E-state index in [1.807, 2.05) is 0 Å². The van der Waals surface area contributed by atoms with Crippen molar-refractivity contribution in [2.45, 2.75) is 6.43 Å². The van der Waals surface area contributed by atoms with Gasteiger partial charge in [0.1, 0.15) is 5.69 Å². The third-order valence-corrected chi connectivity index (χ3v) is 1.81. The van der Waals surface area contributed by atoms with Gasteiger partial charge < -0.3 is 9.84 Å². The van der Waals surface area contributed by atoms with Crippen molar-refractivity contribution in [2.24, 2.45) is 0 Å². The van der Waals surface area contributed by atoms with Crippen LogP contribution in [0, 0.1) is 0 Å². The van der Waals surface area contributed by atoms with Gasteiger partial charge in [-0.15, -0.1) is 0 Å². The van der Waals surface area contributed by atoms with Crippen LogP contribution in [0.15, 0.2) is 6.07 Å². The molecule has 0 aliphatic carbocycles. The summed E-state index contributed by atoms with van der Waals surface area (Å²) in [7, 11) is 1.16. The highest BCUT2D eigenvalue weighted by Gasteiger charge is 2.21. The smallest absolute Gasteiger partial charge is 0.284 e. The van der Waals surface area contributed by atoms with Crippen molar-refractivity contribution in [3.8, 4) is 11.5 Å². The lowest BCUT2D eigenvalue weighted by atomic mass is 10.2. The van der Waals surface area contributed by atoms with Crippen molar-refractivity contribution in [3.63, 3.8) is 0 Å². The van der Waals surface area contributed by atoms with Gasteiger partial charge in [0.25, 0.3) is 11.7 Å². The van der Waals surface area contributed by atoms with Gasteiger partial charge in [-0.2, -0.15) is 0 Å². The number of ether oxygens (including phenoxy) is 1. The van der Waals surface area contributed by atoms with Gasteiger partial charge in [-0.25, -0.2) is 13.8 Å². The predicted molar refractivity (Wildman–Crippen MR) is 47.6 cm³/mol. The first-order valence-electron chi connectivity index (χ1n) is 3.73. The Kier molecular flexibility index (Phi) is 3.41. The Morgan fingerprint density at radius 3 is 2.67 bits per heavy atom. The van der Waals surface area contributed by atoms with Crippen LogP contribution in [0.4, 0.5) is 8.78 Å². The molecule has 0 aliphatic rings. The van der Waals surface area contributed by atoms with Crippen LogP contribution in [0.3, 0.4) is 0 Å². The Morgan fingerprint density at radius 1 is 1.67 bits per heavy atom. The number of hydrogen-bond acceptors (Lipinski definition) is 4. The van der Waals surface area contributed by atoms with Gasteiger partial charge in [0, 0.05) is 6.07 Å². The second-order valence-electron chi connectivity index (χ2n) is 2.52.